The fourth-order valence-electron chi connectivity index (χ4n) is 2.93. The Labute approximate surface area is 125 Å². The lowest BCUT2D eigenvalue weighted by atomic mass is 9.96. The normalized spacial score (nSPS) is 16.5. The van der Waals surface area contributed by atoms with Crippen LogP contribution in [0, 0.1) is 0 Å². The van der Waals surface area contributed by atoms with Gasteiger partial charge in [-0.1, -0.05) is 25.5 Å². The van der Waals surface area contributed by atoms with E-state index in [0.29, 0.717) is 18.2 Å². The minimum absolute atomic E-state index is 0.299. The monoisotopic (exact) mass is 286 g/mol. The molecular formula is C17H22N2O2. The first-order chi connectivity index (χ1) is 10.3. The molecule has 0 radical (unpaired) electrons. The first-order valence-electron chi connectivity index (χ1n) is 7.91. The van der Waals surface area contributed by atoms with Crippen LogP contribution in [0.2, 0.25) is 0 Å². The zero-order valence-corrected chi connectivity index (χ0v) is 12.5. The number of oxazole rings is 1. The van der Waals surface area contributed by atoms with Gasteiger partial charge in [-0.3, -0.25) is 4.79 Å². The number of nitrogens with zero attached hydrogens (tertiary/aromatic N) is 2. The van der Waals surface area contributed by atoms with E-state index in [1.807, 2.05) is 29.2 Å². The fourth-order valence-corrected chi connectivity index (χ4v) is 2.93. The van der Waals surface area contributed by atoms with Crippen LogP contribution in [0.5, 0.6) is 0 Å². The molecule has 2 aromatic rings. The molecule has 2 heterocycles. The molecule has 0 atom stereocenters. The number of unbranched alkanes of at least 4 members (excludes halogenated alkanes) is 1. The molecule has 1 aliphatic rings. The molecule has 0 saturated carbocycles. The van der Waals surface area contributed by atoms with E-state index in [9.17, 15) is 4.79 Å². The van der Waals surface area contributed by atoms with Crippen molar-refractivity contribution < 1.29 is 9.21 Å². The summed E-state index contributed by atoms with van der Waals surface area (Å²) in [5.74, 6) is 1.47. The van der Waals surface area contributed by atoms with Gasteiger partial charge in [0, 0.05) is 25.4 Å². The van der Waals surface area contributed by atoms with E-state index in [2.05, 4.69) is 11.9 Å². The fraction of sp³-hybridized carbons (Fsp3) is 0.529. The number of rotatable bonds is 4. The van der Waals surface area contributed by atoms with Gasteiger partial charge in [-0.2, -0.15) is 0 Å². The van der Waals surface area contributed by atoms with Gasteiger partial charge in [-0.05, 0) is 31.4 Å². The average Bonchev–Trinajstić information content (AvgIpc) is 2.96. The van der Waals surface area contributed by atoms with Crippen LogP contribution in [-0.4, -0.2) is 28.9 Å². The predicted molar refractivity (Wildman–Crippen MR) is 82.1 cm³/mol. The van der Waals surface area contributed by atoms with Crippen LogP contribution in [0.1, 0.15) is 50.8 Å². The van der Waals surface area contributed by atoms with E-state index in [1.54, 1.807) is 0 Å². The molecule has 4 nitrogen and oxygen atoms in total. The Bertz CT molecular complexity index is 579. The van der Waals surface area contributed by atoms with Gasteiger partial charge < -0.3 is 9.32 Å². The quantitative estimate of drug-likeness (QED) is 0.860. The smallest absolute Gasteiger partial charge is 0.222 e. The topological polar surface area (TPSA) is 46.3 Å². The summed E-state index contributed by atoms with van der Waals surface area (Å²) in [6.45, 7) is 3.77. The van der Waals surface area contributed by atoms with Crippen molar-refractivity contribution in [3.05, 3.63) is 30.2 Å². The van der Waals surface area contributed by atoms with E-state index >= 15 is 0 Å². The second-order valence-electron chi connectivity index (χ2n) is 5.78. The van der Waals surface area contributed by atoms with Gasteiger partial charge in [0.2, 0.25) is 5.91 Å². The van der Waals surface area contributed by atoms with Gasteiger partial charge >= 0.3 is 0 Å². The Kier molecular flexibility index (Phi) is 4.23. The Morgan fingerprint density at radius 3 is 2.81 bits per heavy atom. The maximum absolute atomic E-state index is 12.0. The standard InChI is InChI=1S/C17H22N2O2/c1-2-3-8-16(20)19-11-9-13(10-12-19)17-18-14-6-4-5-7-15(14)21-17/h4-7,13H,2-3,8-12H2,1H3. The Morgan fingerprint density at radius 1 is 1.33 bits per heavy atom. The third-order valence-corrected chi connectivity index (χ3v) is 4.25. The first-order valence-corrected chi connectivity index (χ1v) is 7.91. The number of aromatic nitrogens is 1. The SMILES string of the molecule is CCCCC(=O)N1CCC(c2nc3ccccc3o2)CC1. The molecule has 1 aliphatic heterocycles. The molecule has 21 heavy (non-hydrogen) atoms. The summed E-state index contributed by atoms with van der Waals surface area (Å²) in [6.07, 6.45) is 4.65. The third kappa shape index (κ3) is 3.09. The van der Waals surface area contributed by atoms with Gasteiger partial charge in [-0.25, -0.2) is 4.98 Å². The number of para-hydroxylation sites is 2. The molecule has 112 valence electrons. The first kappa shape index (κ1) is 14.1. The Balaban J connectivity index is 1.61. The number of hydrogen-bond donors (Lipinski definition) is 0. The molecule has 1 amide bonds. The second-order valence-corrected chi connectivity index (χ2v) is 5.78. The molecule has 0 unspecified atom stereocenters. The van der Waals surface area contributed by atoms with Crippen LogP contribution in [-0.2, 0) is 4.79 Å². The largest absolute Gasteiger partial charge is 0.440 e. The molecule has 0 spiro atoms. The number of benzene rings is 1. The predicted octanol–water partition coefficient (Wildman–Crippen LogP) is 3.72. The highest BCUT2D eigenvalue weighted by Gasteiger charge is 2.26. The summed E-state index contributed by atoms with van der Waals surface area (Å²) in [7, 11) is 0. The molecule has 1 fully saturated rings. The molecular weight excluding hydrogens is 264 g/mol. The van der Waals surface area contributed by atoms with Crippen molar-refractivity contribution >= 4 is 17.0 Å². The number of carbonyl (C=O) groups excluding carboxylic acids is 1. The van der Waals surface area contributed by atoms with Crippen molar-refractivity contribution in [2.45, 2.75) is 44.9 Å². The molecule has 1 saturated heterocycles. The minimum Gasteiger partial charge on any atom is -0.440 e. The molecule has 3 rings (SSSR count). The van der Waals surface area contributed by atoms with Crippen LogP contribution >= 0.6 is 0 Å². The lowest BCUT2D eigenvalue weighted by Gasteiger charge is -2.30. The summed E-state index contributed by atoms with van der Waals surface area (Å²) in [5.41, 5.74) is 1.78. The van der Waals surface area contributed by atoms with Gasteiger partial charge in [0.05, 0.1) is 0 Å². The highest BCUT2D eigenvalue weighted by Crippen LogP contribution is 2.30. The van der Waals surface area contributed by atoms with E-state index in [1.165, 1.54) is 0 Å². The van der Waals surface area contributed by atoms with Gasteiger partial charge in [0.15, 0.2) is 11.5 Å². The molecule has 1 aromatic heterocycles. The number of piperidine rings is 1. The van der Waals surface area contributed by atoms with Crippen molar-refractivity contribution in [3.8, 4) is 0 Å². The van der Waals surface area contributed by atoms with E-state index in [4.69, 9.17) is 4.42 Å². The van der Waals surface area contributed by atoms with E-state index in [-0.39, 0.29) is 0 Å². The lowest BCUT2D eigenvalue weighted by molar-refractivity contribution is -0.132. The lowest BCUT2D eigenvalue weighted by Crippen LogP contribution is -2.37. The van der Waals surface area contributed by atoms with Crippen molar-refractivity contribution in [1.29, 1.82) is 0 Å². The van der Waals surface area contributed by atoms with Gasteiger partial charge in [-0.15, -0.1) is 0 Å². The number of fused-ring (bicyclic) bond motifs is 1. The van der Waals surface area contributed by atoms with Crippen LogP contribution in [0.15, 0.2) is 28.7 Å². The number of amides is 1. The third-order valence-electron chi connectivity index (χ3n) is 4.25. The highest BCUT2D eigenvalue weighted by molar-refractivity contribution is 5.76. The van der Waals surface area contributed by atoms with Gasteiger partial charge in [0.25, 0.3) is 0 Å². The highest BCUT2D eigenvalue weighted by atomic mass is 16.3. The van der Waals surface area contributed by atoms with E-state index < -0.39 is 0 Å². The van der Waals surface area contributed by atoms with Crippen LogP contribution < -0.4 is 0 Å². The zero-order chi connectivity index (χ0) is 14.7. The number of hydrogen-bond acceptors (Lipinski definition) is 3. The van der Waals surface area contributed by atoms with Gasteiger partial charge in [0.1, 0.15) is 5.52 Å². The van der Waals surface area contributed by atoms with Crippen molar-refractivity contribution in [3.63, 3.8) is 0 Å². The van der Waals surface area contributed by atoms with Crippen molar-refractivity contribution in [2.75, 3.05) is 13.1 Å². The second kappa shape index (κ2) is 6.29. The molecule has 0 N–H and O–H groups in total. The molecule has 1 aromatic carbocycles. The average molecular weight is 286 g/mol. The molecule has 4 heteroatoms. The summed E-state index contributed by atoms with van der Waals surface area (Å²) in [4.78, 5) is 18.6. The van der Waals surface area contributed by atoms with Crippen LogP contribution in [0.3, 0.4) is 0 Å². The summed E-state index contributed by atoms with van der Waals surface area (Å²) in [5, 5.41) is 0. The Morgan fingerprint density at radius 2 is 2.10 bits per heavy atom. The maximum atomic E-state index is 12.0. The van der Waals surface area contributed by atoms with E-state index in [0.717, 1.165) is 55.8 Å². The number of likely N-dealkylation sites (tertiary alicyclic amines) is 1. The molecule has 0 bridgehead atoms. The van der Waals surface area contributed by atoms with Crippen LogP contribution in [0.25, 0.3) is 11.1 Å². The summed E-state index contributed by atoms with van der Waals surface area (Å²) >= 11 is 0. The summed E-state index contributed by atoms with van der Waals surface area (Å²) < 4.78 is 5.85. The maximum Gasteiger partial charge on any atom is 0.222 e. The van der Waals surface area contributed by atoms with Crippen molar-refractivity contribution in [1.82, 2.24) is 9.88 Å². The summed E-state index contributed by atoms with van der Waals surface area (Å²) in [6, 6.07) is 7.87. The van der Waals surface area contributed by atoms with Crippen LogP contribution in [0.4, 0.5) is 0 Å². The molecule has 0 aliphatic carbocycles. The van der Waals surface area contributed by atoms with Crippen molar-refractivity contribution in [2.24, 2.45) is 0 Å². The zero-order valence-electron chi connectivity index (χ0n) is 12.5. The Hall–Kier alpha value is -1.84. The number of carbonyl (C=O) groups is 1. The minimum atomic E-state index is 0.299.